The minimum absolute atomic E-state index is 0.750. The summed E-state index contributed by atoms with van der Waals surface area (Å²) in [4.78, 5) is 24.5. The Morgan fingerprint density at radius 2 is 0.685 bits per heavy atom. The molecule has 0 aromatic rings. The molecule has 0 radical (unpaired) electrons. The highest BCUT2D eigenvalue weighted by molar-refractivity contribution is 5.73. The van der Waals surface area contributed by atoms with Crippen LogP contribution in [0.5, 0.6) is 0 Å². The largest absolute Gasteiger partial charge is 0.394 e. The van der Waals surface area contributed by atoms with E-state index in [-0.39, 0.29) is 0 Å². The van der Waals surface area contributed by atoms with Gasteiger partial charge in [-0.2, -0.15) is 0 Å². The summed E-state index contributed by atoms with van der Waals surface area (Å²) < 4.78 is 61.9. The van der Waals surface area contributed by atoms with Crippen LogP contribution in [0.15, 0.2) is 0 Å². The van der Waals surface area contributed by atoms with Crippen LogP contribution in [0, 0.1) is 0 Å². The minimum atomic E-state index is -2.18. The van der Waals surface area contributed by atoms with Crippen LogP contribution in [0.4, 0.5) is 0 Å². The lowest BCUT2D eigenvalue weighted by Crippen LogP contribution is -2.69. The van der Waals surface area contributed by atoms with E-state index in [1.54, 1.807) is 0 Å². The van der Waals surface area contributed by atoms with Crippen molar-refractivity contribution in [2.45, 2.75) is 198 Å². The summed E-state index contributed by atoms with van der Waals surface area (Å²) in [5.41, 5.74) is 0. The molecular weight excluding hydrogens is 1000 g/mol. The predicted octanol–water partition coefficient (Wildman–Crippen LogP) is -13.8. The van der Waals surface area contributed by atoms with E-state index in [9.17, 15) is 102 Å². The molecule has 0 aromatic carbocycles. The summed E-state index contributed by atoms with van der Waals surface area (Å²) in [6.45, 7) is -3.38. The Bertz CT molecular complexity index is 1740. The zero-order valence-electron chi connectivity index (χ0n) is 38.9. The van der Waals surface area contributed by atoms with Gasteiger partial charge in [0, 0.05) is 13.8 Å². The van der Waals surface area contributed by atoms with Gasteiger partial charge in [0.1, 0.15) is 146 Å². The molecule has 6 heterocycles. The molecule has 424 valence electrons. The van der Waals surface area contributed by atoms with Gasteiger partial charge in [0.15, 0.2) is 37.7 Å². The molecule has 0 aromatic heterocycles. The Hall–Kier alpha value is -2.22. The maximum Gasteiger partial charge on any atom is 0.217 e. The zero-order valence-corrected chi connectivity index (χ0v) is 38.9. The number of aliphatic hydroxyl groups excluding tert-OH is 18. The molecule has 6 rings (SSSR count). The molecule has 0 unspecified atom stereocenters. The summed E-state index contributed by atoms with van der Waals surface area (Å²) >= 11 is 0. The Kier molecular flexibility index (Phi) is 21.3. The number of carbonyl (C=O) groups excluding carboxylic acids is 2. The van der Waals surface area contributed by atoms with Crippen LogP contribution in [0.3, 0.4) is 0 Å². The number of hydrogen-bond acceptors (Lipinski definition) is 31. The first-order valence-electron chi connectivity index (χ1n) is 23.1. The summed E-state index contributed by atoms with van der Waals surface area (Å²) in [5, 5.41) is 195. The van der Waals surface area contributed by atoms with Gasteiger partial charge in [-0.05, 0) is 0 Å². The second-order valence-corrected chi connectivity index (χ2v) is 18.3. The number of hydrogen-bond donors (Lipinski definition) is 20. The third-order valence-electron chi connectivity index (χ3n) is 13.2. The van der Waals surface area contributed by atoms with Crippen molar-refractivity contribution in [1.82, 2.24) is 10.6 Å². The highest BCUT2D eigenvalue weighted by atomic mass is 16.8. The van der Waals surface area contributed by atoms with Crippen molar-refractivity contribution >= 4 is 11.8 Å². The van der Waals surface area contributed by atoms with Gasteiger partial charge in [-0.1, -0.05) is 0 Å². The van der Waals surface area contributed by atoms with Crippen molar-refractivity contribution in [2.24, 2.45) is 0 Å². The van der Waals surface area contributed by atoms with Gasteiger partial charge in [-0.15, -0.1) is 0 Å². The lowest BCUT2D eigenvalue weighted by molar-refractivity contribution is -0.386. The second-order valence-electron chi connectivity index (χ2n) is 18.3. The fourth-order valence-corrected chi connectivity index (χ4v) is 9.22. The van der Waals surface area contributed by atoms with Crippen LogP contribution >= 0.6 is 0 Å². The highest BCUT2D eigenvalue weighted by Crippen LogP contribution is 2.36. The van der Waals surface area contributed by atoms with Gasteiger partial charge in [0.2, 0.25) is 11.8 Å². The van der Waals surface area contributed by atoms with E-state index in [1.165, 1.54) is 0 Å². The lowest BCUT2D eigenvalue weighted by atomic mass is 9.94. The maximum absolute atomic E-state index is 12.4. The number of aliphatic hydroxyl groups is 18. The average molecular weight is 1070 g/mol. The molecule has 33 heteroatoms. The van der Waals surface area contributed by atoms with Crippen LogP contribution in [0.1, 0.15) is 13.8 Å². The number of amides is 2. The van der Waals surface area contributed by atoms with E-state index < -0.39 is 236 Å². The molecule has 6 aliphatic rings. The molecule has 0 saturated carbocycles. The first-order valence-corrected chi connectivity index (χ1v) is 23.1. The number of carbonyl (C=O) groups is 2. The number of ether oxygens (including phenoxy) is 11. The van der Waals surface area contributed by atoms with E-state index in [0.717, 1.165) is 13.8 Å². The quantitative estimate of drug-likeness (QED) is 0.0606. The lowest BCUT2D eigenvalue weighted by Gasteiger charge is -2.49. The maximum atomic E-state index is 12.4. The van der Waals surface area contributed by atoms with Crippen LogP contribution < -0.4 is 10.6 Å². The minimum Gasteiger partial charge on any atom is -0.394 e. The molecule has 0 bridgehead atoms. The predicted molar refractivity (Wildman–Crippen MR) is 222 cm³/mol. The Morgan fingerprint density at radius 1 is 0.356 bits per heavy atom. The van der Waals surface area contributed by atoms with Gasteiger partial charge in [0.25, 0.3) is 0 Å². The third kappa shape index (κ3) is 13.0. The monoisotopic (exact) mass is 1070 g/mol. The summed E-state index contributed by atoms with van der Waals surface area (Å²) in [6, 6.07) is -3.23. The average Bonchev–Trinajstić information content (AvgIpc) is 3.36. The fourth-order valence-electron chi connectivity index (χ4n) is 9.22. The second kappa shape index (κ2) is 26.0. The van der Waals surface area contributed by atoms with Gasteiger partial charge < -0.3 is 155 Å². The third-order valence-corrected chi connectivity index (χ3v) is 13.2. The first kappa shape index (κ1) is 60.0. The summed E-state index contributed by atoms with van der Waals surface area (Å²) in [5.74, 6) is -1.55. The smallest absolute Gasteiger partial charge is 0.217 e. The van der Waals surface area contributed by atoms with Crippen molar-refractivity contribution < 1.29 is 154 Å². The molecule has 0 spiro atoms. The van der Waals surface area contributed by atoms with Crippen LogP contribution in [-0.2, 0) is 61.7 Å². The number of rotatable bonds is 18. The molecule has 20 N–H and O–H groups in total. The Morgan fingerprint density at radius 3 is 1.07 bits per heavy atom. The zero-order chi connectivity index (χ0) is 53.9. The SMILES string of the molecule is CC(=O)N[C@@H]1[C@@H](O[C@@H]2O[C@H](CO)[C@H](O)[C@H](O)[C@H]2O)[C@@H](O)[C@@H](CO[C@@H]2O[C@H](CO)[C@@H](O[C@@H]3O[C@H](CO)[C@H](O[C@@H]4O[C@H](CO)[C@H](O[C@H]5O[C@H](CO)[C@H](O)[C@H](O)[C@H]5O)[C@H](O)[C@H]4O)[C@H](O)[C@H]3O)[C@H](O)[C@H]2NC(C)=O)O[C@@H]1O. The normalized spacial score (nSPS) is 49.8. The Labute approximate surface area is 413 Å². The summed E-state index contributed by atoms with van der Waals surface area (Å²) in [6.07, 6.45) is -51.8. The molecule has 6 aliphatic heterocycles. The molecule has 0 aliphatic carbocycles. The standard InChI is InChI=1S/C40H68N2O31/c1-9(48)41-17-22(53)31(13(5-45)67-36(17)63-8-16-21(52)34(18(35(62)64-16)42-10(2)49)73-38-28(59)24(55)20(51)12(4-44)66-38)70-39-29(60)25(56)33(15(7-47)68-39)72-40-30(61)26(57)32(14(6-46)69-40)71-37-27(58)23(54)19(50)11(3-43)65-37/h11-40,43-47,50-62H,3-8H2,1-2H3,(H,41,48)(H,42,49)/t11-,12-,13-,14-,15-,16-,17-,18-,19+,20+,21+,22-,23+,24+,25-,26-,27-,28-,29-,30-,31-,32+,33+,34-,35+,36-,37-,38+,39+,40+/m1/s1. The molecule has 6 saturated heterocycles. The van der Waals surface area contributed by atoms with Gasteiger partial charge >= 0.3 is 0 Å². The van der Waals surface area contributed by atoms with Crippen molar-refractivity contribution in [2.75, 3.05) is 39.6 Å². The molecule has 33 nitrogen and oxygen atoms in total. The van der Waals surface area contributed by atoms with E-state index in [2.05, 4.69) is 10.6 Å². The van der Waals surface area contributed by atoms with E-state index in [0.29, 0.717) is 0 Å². The first-order chi connectivity index (χ1) is 34.5. The van der Waals surface area contributed by atoms with Gasteiger partial charge in [-0.3, -0.25) is 9.59 Å². The molecule has 73 heavy (non-hydrogen) atoms. The van der Waals surface area contributed by atoms with Gasteiger partial charge in [0.05, 0.1) is 39.6 Å². The van der Waals surface area contributed by atoms with Crippen molar-refractivity contribution in [3.63, 3.8) is 0 Å². The van der Waals surface area contributed by atoms with Crippen molar-refractivity contribution in [3.8, 4) is 0 Å². The van der Waals surface area contributed by atoms with E-state index >= 15 is 0 Å². The van der Waals surface area contributed by atoms with E-state index in [4.69, 9.17) is 52.1 Å². The molecule has 30 atom stereocenters. The van der Waals surface area contributed by atoms with Crippen LogP contribution in [0.2, 0.25) is 0 Å². The highest BCUT2D eigenvalue weighted by Gasteiger charge is 2.57. The fraction of sp³-hybridized carbons (Fsp3) is 0.950. The molecule has 6 fully saturated rings. The van der Waals surface area contributed by atoms with Crippen LogP contribution in [-0.4, -0.2) is 327 Å². The Balaban J connectivity index is 1.11. The van der Waals surface area contributed by atoms with E-state index in [1.807, 2.05) is 0 Å². The van der Waals surface area contributed by atoms with Crippen molar-refractivity contribution in [1.29, 1.82) is 0 Å². The summed E-state index contributed by atoms with van der Waals surface area (Å²) in [7, 11) is 0. The van der Waals surface area contributed by atoms with Crippen LogP contribution in [0.25, 0.3) is 0 Å². The topological polar surface area (TPSA) is 524 Å². The molecular formula is C40H68N2O31. The van der Waals surface area contributed by atoms with Crippen molar-refractivity contribution in [3.05, 3.63) is 0 Å². The molecule has 2 amide bonds. The number of nitrogens with one attached hydrogen (secondary N) is 2. The van der Waals surface area contributed by atoms with Gasteiger partial charge in [-0.25, -0.2) is 0 Å².